The van der Waals surface area contributed by atoms with Crippen LogP contribution < -0.4 is 0 Å². The molecule has 4 aliphatic carbocycles. The van der Waals surface area contributed by atoms with Crippen molar-refractivity contribution in [3.05, 3.63) is 11.6 Å². The minimum absolute atomic E-state index is 0.128. The van der Waals surface area contributed by atoms with Gasteiger partial charge in [-0.1, -0.05) is 46.1 Å². The van der Waals surface area contributed by atoms with Crippen molar-refractivity contribution in [3.8, 4) is 0 Å². The van der Waals surface area contributed by atoms with Crippen molar-refractivity contribution >= 4 is 5.78 Å². The van der Waals surface area contributed by atoms with Crippen molar-refractivity contribution in [2.75, 3.05) is 6.61 Å². The number of hydrogen-bond donors (Lipinski definition) is 2. The Morgan fingerprint density at radius 3 is 2.60 bits per heavy atom. The maximum atomic E-state index is 12.1. The number of hydrogen-bond acceptors (Lipinski definition) is 3. The normalized spacial score (nSPS) is 45.2. The van der Waals surface area contributed by atoms with Crippen LogP contribution in [0.3, 0.4) is 0 Å². The van der Waals surface area contributed by atoms with Gasteiger partial charge in [0.05, 0.1) is 6.10 Å². The maximum absolute atomic E-state index is 12.1. The zero-order chi connectivity index (χ0) is 21.7. The molecule has 30 heavy (non-hydrogen) atoms. The number of fused-ring (bicyclic) bond motifs is 5. The van der Waals surface area contributed by atoms with Gasteiger partial charge in [-0.05, 0) is 97.4 Å². The molecule has 0 bridgehead atoms. The quantitative estimate of drug-likeness (QED) is 0.598. The maximum Gasteiger partial charge on any atom is 0.155 e. The minimum atomic E-state index is -0.274. The predicted octanol–water partition coefficient (Wildman–Crippen LogP) is 5.54. The molecule has 0 aromatic rings. The summed E-state index contributed by atoms with van der Waals surface area (Å²) in [6.45, 7) is 9.85. The smallest absolute Gasteiger partial charge is 0.155 e. The Bertz CT molecular complexity index is 684. The van der Waals surface area contributed by atoms with Crippen molar-refractivity contribution in [1.82, 2.24) is 0 Å². The molecule has 0 saturated heterocycles. The van der Waals surface area contributed by atoms with E-state index in [1.165, 1.54) is 44.1 Å². The van der Waals surface area contributed by atoms with Crippen LogP contribution in [0.4, 0.5) is 0 Å². The van der Waals surface area contributed by atoms with Crippen LogP contribution in [-0.4, -0.2) is 28.7 Å². The number of carbonyl (C=O) groups excluding carboxylic acids is 1. The Morgan fingerprint density at radius 1 is 1.10 bits per heavy atom. The topological polar surface area (TPSA) is 57.5 Å². The van der Waals surface area contributed by atoms with Gasteiger partial charge in [0.25, 0.3) is 0 Å². The van der Waals surface area contributed by atoms with Gasteiger partial charge < -0.3 is 10.2 Å². The second-order valence-electron chi connectivity index (χ2n) is 12.0. The summed E-state index contributed by atoms with van der Waals surface area (Å²) in [5.41, 5.74) is 1.73. The number of carbonyl (C=O) groups is 1. The summed E-state index contributed by atoms with van der Waals surface area (Å²) < 4.78 is 0. The number of aliphatic hydroxyl groups excluding tert-OH is 2. The second-order valence-corrected chi connectivity index (χ2v) is 12.0. The van der Waals surface area contributed by atoms with E-state index in [-0.39, 0.29) is 17.3 Å². The van der Waals surface area contributed by atoms with Crippen molar-refractivity contribution in [2.45, 2.75) is 98.0 Å². The Balaban J connectivity index is 1.50. The van der Waals surface area contributed by atoms with Crippen molar-refractivity contribution < 1.29 is 15.0 Å². The van der Waals surface area contributed by atoms with E-state index in [0.717, 1.165) is 31.1 Å². The van der Waals surface area contributed by atoms with Crippen molar-refractivity contribution in [1.29, 1.82) is 0 Å². The number of aliphatic hydroxyl groups is 2. The van der Waals surface area contributed by atoms with Crippen LogP contribution in [0, 0.1) is 46.3 Å². The molecular weight excluding hydrogens is 372 g/mol. The first-order valence-corrected chi connectivity index (χ1v) is 12.7. The van der Waals surface area contributed by atoms with Gasteiger partial charge in [-0.15, -0.1) is 0 Å². The summed E-state index contributed by atoms with van der Waals surface area (Å²) in [6, 6.07) is 0. The van der Waals surface area contributed by atoms with Crippen molar-refractivity contribution in [2.24, 2.45) is 46.3 Å². The third kappa shape index (κ3) is 3.62. The molecule has 4 rings (SSSR count). The lowest BCUT2D eigenvalue weighted by atomic mass is 9.45. The summed E-state index contributed by atoms with van der Waals surface area (Å²) in [5.74, 6) is 3.75. The van der Waals surface area contributed by atoms with E-state index in [2.05, 4.69) is 27.7 Å². The summed E-state index contributed by atoms with van der Waals surface area (Å²) >= 11 is 0. The van der Waals surface area contributed by atoms with Gasteiger partial charge in [-0.2, -0.15) is 0 Å². The van der Waals surface area contributed by atoms with E-state index in [4.69, 9.17) is 0 Å². The van der Waals surface area contributed by atoms with E-state index in [1.54, 1.807) is 0 Å². The Kier molecular flexibility index (Phi) is 6.27. The van der Waals surface area contributed by atoms with Crippen LogP contribution in [-0.2, 0) is 4.79 Å². The highest BCUT2D eigenvalue weighted by molar-refractivity contribution is 5.91. The van der Waals surface area contributed by atoms with Crippen LogP contribution in [0.5, 0.6) is 0 Å². The van der Waals surface area contributed by atoms with Gasteiger partial charge in [0, 0.05) is 13.0 Å². The molecule has 0 amide bonds. The third-order valence-corrected chi connectivity index (χ3v) is 10.4. The molecule has 0 aliphatic heterocycles. The summed E-state index contributed by atoms with van der Waals surface area (Å²) in [6.07, 6.45) is 12.7. The van der Waals surface area contributed by atoms with Gasteiger partial charge in [-0.3, -0.25) is 4.79 Å². The highest BCUT2D eigenvalue weighted by Gasteiger charge is 2.61. The average molecular weight is 417 g/mol. The zero-order valence-corrected chi connectivity index (χ0v) is 19.7. The molecule has 3 saturated carbocycles. The highest BCUT2D eigenvalue weighted by Crippen LogP contribution is 2.67. The van der Waals surface area contributed by atoms with Gasteiger partial charge in [0.2, 0.25) is 0 Å². The SMILES string of the molecule is CC(CO)CCC[C@@H](C)[C@H]1CC[C@H]2[C@@H]3C(O)CC4=CC(=O)CC[C@]4(C)[C@H]3CC[C@]12C. The first kappa shape index (κ1) is 22.5. The first-order chi connectivity index (χ1) is 14.2. The van der Waals surface area contributed by atoms with Crippen LogP contribution in [0.25, 0.3) is 0 Å². The van der Waals surface area contributed by atoms with E-state index in [0.29, 0.717) is 42.1 Å². The lowest BCUT2D eigenvalue weighted by Gasteiger charge is -2.60. The van der Waals surface area contributed by atoms with Crippen LogP contribution in [0.2, 0.25) is 0 Å². The van der Waals surface area contributed by atoms with Gasteiger partial charge >= 0.3 is 0 Å². The molecule has 0 heterocycles. The fourth-order valence-corrected chi connectivity index (χ4v) is 8.58. The molecule has 9 atom stereocenters. The largest absolute Gasteiger partial charge is 0.396 e. The molecular formula is C27H44O3. The molecule has 3 heteroatoms. The number of ketones is 1. The van der Waals surface area contributed by atoms with Crippen LogP contribution in [0.1, 0.15) is 91.9 Å². The van der Waals surface area contributed by atoms with E-state index in [9.17, 15) is 15.0 Å². The molecule has 0 spiro atoms. The monoisotopic (exact) mass is 416 g/mol. The van der Waals surface area contributed by atoms with Crippen molar-refractivity contribution in [3.63, 3.8) is 0 Å². The average Bonchev–Trinajstić information content (AvgIpc) is 3.06. The van der Waals surface area contributed by atoms with Crippen LogP contribution in [0.15, 0.2) is 11.6 Å². The Labute approximate surface area is 183 Å². The molecule has 0 radical (unpaired) electrons. The first-order valence-electron chi connectivity index (χ1n) is 12.7. The van der Waals surface area contributed by atoms with E-state index in [1.807, 2.05) is 6.08 Å². The molecule has 0 aromatic carbocycles. The molecule has 3 fully saturated rings. The van der Waals surface area contributed by atoms with Crippen LogP contribution >= 0.6 is 0 Å². The molecule has 3 nitrogen and oxygen atoms in total. The minimum Gasteiger partial charge on any atom is -0.396 e. The fraction of sp³-hybridized carbons (Fsp3) is 0.889. The van der Waals surface area contributed by atoms with E-state index < -0.39 is 0 Å². The molecule has 2 N–H and O–H groups in total. The Hall–Kier alpha value is -0.670. The highest BCUT2D eigenvalue weighted by atomic mass is 16.3. The van der Waals surface area contributed by atoms with Gasteiger partial charge in [0.1, 0.15) is 0 Å². The lowest BCUT2D eigenvalue weighted by Crippen LogP contribution is -2.55. The van der Waals surface area contributed by atoms with E-state index >= 15 is 0 Å². The third-order valence-electron chi connectivity index (χ3n) is 10.4. The standard InChI is InChI=1S/C27H44O3/c1-17(16-28)6-5-7-18(2)21-8-9-22-25-23(11-13-27(21,22)4)26(3)12-10-20(29)14-19(26)15-24(25)30/h14,17-18,21-25,28,30H,5-13,15-16H2,1-4H3/t17?,18-,21-,22+,23+,24?,25+,26+,27-/m1/s1. The molecule has 2 unspecified atom stereocenters. The summed E-state index contributed by atoms with van der Waals surface area (Å²) in [5, 5.41) is 20.6. The molecule has 0 aromatic heterocycles. The molecule has 170 valence electrons. The van der Waals surface area contributed by atoms with Gasteiger partial charge in [0.15, 0.2) is 5.78 Å². The summed E-state index contributed by atoms with van der Waals surface area (Å²) in [7, 11) is 0. The zero-order valence-electron chi connectivity index (χ0n) is 19.7. The van der Waals surface area contributed by atoms with Gasteiger partial charge in [-0.25, -0.2) is 0 Å². The fourth-order valence-electron chi connectivity index (χ4n) is 8.58. The number of rotatable bonds is 6. The lowest BCUT2D eigenvalue weighted by molar-refractivity contribution is -0.124. The predicted molar refractivity (Wildman–Crippen MR) is 121 cm³/mol. The second kappa shape index (κ2) is 8.35. The molecule has 4 aliphatic rings. The Morgan fingerprint density at radius 2 is 1.87 bits per heavy atom. The summed E-state index contributed by atoms with van der Waals surface area (Å²) in [4.78, 5) is 12.1.